The first-order valence-corrected chi connectivity index (χ1v) is 6.25. The first kappa shape index (κ1) is 11.7. The molecule has 0 nitrogen and oxygen atoms in total. The van der Waals surface area contributed by atoms with Gasteiger partial charge in [-0.15, -0.1) is 0 Å². The van der Waals surface area contributed by atoms with Crippen LogP contribution < -0.4 is 0 Å². The summed E-state index contributed by atoms with van der Waals surface area (Å²) in [6.07, 6.45) is 0. The summed E-state index contributed by atoms with van der Waals surface area (Å²) in [5.74, 6) is 0.135. The molecule has 0 saturated heterocycles. The Bertz CT molecular complexity index is 518. The van der Waals surface area contributed by atoms with Crippen molar-refractivity contribution in [2.24, 2.45) is 0 Å². The molecule has 0 aliphatic carbocycles. The first-order valence-electron chi connectivity index (χ1n) is 6.25. The molecule has 0 heterocycles. The van der Waals surface area contributed by atoms with Crippen LogP contribution in [-0.4, -0.2) is 0 Å². The van der Waals surface area contributed by atoms with E-state index in [1.165, 1.54) is 5.56 Å². The van der Waals surface area contributed by atoms with Gasteiger partial charge in [0.2, 0.25) is 0 Å². The van der Waals surface area contributed by atoms with E-state index >= 15 is 0 Å². The van der Waals surface area contributed by atoms with Crippen molar-refractivity contribution in [3.05, 3.63) is 108 Å². The summed E-state index contributed by atoms with van der Waals surface area (Å²) in [7, 11) is 0. The summed E-state index contributed by atoms with van der Waals surface area (Å²) in [6, 6.07) is 34.8. The average Bonchev–Trinajstić information content (AvgIpc) is 2.51. The Kier molecular flexibility index (Phi) is 3.42. The maximum Gasteiger partial charge on any atom is 0.0352 e. The van der Waals surface area contributed by atoms with Gasteiger partial charge >= 0.3 is 0 Å². The Morgan fingerprint density at radius 1 is 0.684 bits per heavy atom. The highest BCUT2D eigenvalue weighted by Crippen LogP contribution is 2.30. The van der Waals surface area contributed by atoms with E-state index < -0.39 is 0 Å². The summed E-state index contributed by atoms with van der Waals surface area (Å²) in [4.78, 5) is 0. The minimum absolute atomic E-state index is 0.135. The molecule has 0 spiro atoms. The molecule has 0 bridgehead atoms. The molecule has 88 valence electrons. The van der Waals surface area contributed by atoms with E-state index in [4.69, 9.17) is 0 Å². The topological polar surface area (TPSA) is 0 Å². The predicted molar refractivity (Wildman–Crippen MR) is 75.6 cm³/mol. The predicted octanol–water partition coefficient (Wildman–Crippen LogP) is 4.07. The standard InChI is InChI=1S/C19H12/c1-4-10-16(11-5-1)19(17-12-6-2-7-13-17)18-14-8-3-9-15-18/h1-6,8,10-11,13,15,19H. The molecule has 0 aromatic heterocycles. The number of benzene rings is 3. The molecule has 0 aliphatic rings. The van der Waals surface area contributed by atoms with Gasteiger partial charge in [0.05, 0.1) is 0 Å². The number of rotatable bonds is 3. The van der Waals surface area contributed by atoms with Gasteiger partial charge in [-0.2, -0.15) is 0 Å². The van der Waals surface area contributed by atoms with E-state index in [9.17, 15) is 0 Å². The van der Waals surface area contributed by atoms with Gasteiger partial charge in [-0.25, -0.2) is 0 Å². The third-order valence-corrected chi connectivity index (χ3v) is 3.09. The van der Waals surface area contributed by atoms with E-state index in [2.05, 4.69) is 48.5 Å². The van der Waals surface area contributed by atoms with Gasteiger partial charge in [0, 0.05) is 5.92 Å². The first-order chi connectivity index (χ1) is 9.45. The van der Waals surface area contributed by atoms with E-state index in [1.807, 2.05) is 42.5 Å². The van der Waals surface area contributed by atoms with Crippen LogP contribution in [0.4, 0.5) is 0 Å². The van der Waals surface area contributed by atoms with Crippen LogP contribution in [0.5, 0.6) is 0 Å². The lowest BCUT2D eigenvalue weighted by Crippen LogP contribution is -2.03. The lowest BCUT2D eigenvalue weighted by Gasteiger charge is -2.17. The summed E-state index contributed by atoms with van der Waals surface area (Å²) in [5.41, 5.74) is 3.43. The molecule has 0 unspecified atom stereocenters. The lowest BCUT2D eigenvalue weighted by atomic mass is 9.85. The third-order valence-electron chi connectivity index (χ3n) is 3.09. The quantitative estimate of drug-likeness (QED) is 0.605. The largest absolute Gasteiger partial charge is 0.0622 e. The van der Waals surface area contributed by atoms with E-state index in [-0.39, 0.29) is 5.92 Å². The highest BCUT2D eigenvalue weighted by atomic mass is 14.2. The van der Waals surface area contributed by atoms with E-state index in [0.717, 1.165) is 11.1 Å². The van der Waals surface area contributed by atoms with Gasteiger partial charge in [0.25, 0.3) is 0 Å². The highest BCUT2D eigenvalue weighted by Gasteiger charge is 2.16. The normalized spacial score (nSPS) is 10.6. The fraction of sp³-hybridized carbons (Fsp3) is 0.0526. The van der Waals surface area contributed by atoms with Crippen molar-refractivity contribution in [2.45, 2.75) is 5.92 Å². The van der Waals surface area contributed by atoms with Crippen LogP contribution in [0.25, 0.3) is 0 Å². The monoisotopic (exact) mass is 240 g/mol. The maximum atomic E-state index is 3.30. The molecular formula is C19H12. The van der Waals surface area contributed by atoms with Crippen LogP contribution >= 0.6 is 0 Å². The summed E-state index contributed by atoms with van der Waals surface area (Å²) >= 11 is 0. The molecule has 0 heteroatoms. The lowest BCUT2D eigenvalue weighted by molar-refractivity contribution is 0.972. The molecule has 0 N–H and O–H groups in total. The van der Waals surface area contributed by atoms with Crippen molar-refractivity contribution in [1.29, 1.82) is 0 Å². The zero-order chi connectivity index (χ0) is 12.9. The van der Waals surface area contributed by atoms with Gasteiger partial charge in [0.15, 0.2) is 0 Å². The van der Waals surface area contributed by atoms with Gasteiger partial charge in [0.1, 0.15) is 0 Å². The smallest absolute Gasteiger partial charge is 0.0352 e. The van der Waals surface area contributed by atoms with Crippen molar-refractivity contribution in [2.75, 3.05) is 0 Å². The van der Waals surface area contributed by atoms with E-state index in [0.29, 0.717) is 0 Å². The second kappa shape index (κ2) is 5.53. The zero-order valence-corrected chi connectivity index (χ0v) is 10.4. The highest BCUT2D eigenvalue weighted by molar-refractivity contribution is 5.41. The molecular weight excluding hydrogens is 228 g/mol. The van der Waals surface area contributed by atoms with Crippen LogP contribution in [0.1, 0.15) is 22.6 Å². The van der Waals surface area contributed by atoms with Crippen LogP contribution in [0.15, 0.2) is 66.7 Å². The van der Waals surface area contributed by atoms with Crippen molar-refractivity contribution >= 4 is 0 Å². The fourth-order valence-corrected chi connectivity index (χ4v) is 2.24. The molecule has 4 radical (unpaired) electrons. The van der Waals surface area contributed by atoms with Gasteiger partial charge in [-0.1, -0.05) is 54.6 Å². The van der Waals surface area contributed by atoms with Gasteiger partial charge < -0.3 is 0 Å². The summed E-state index contributed by atoms with van der Waals surface area (Å²) < 4.78 is 0. The van der Waals surface area contributed by atoms with Crippen LogP contribution in [-0.2, 0) is 0 Å². The Morgan fingerprint density at radius 2 is 1.26 bits per heavy atom. The van der Waals surface area contributed by atoms with Crippen molar-refractivity contribution in [3.63, 3.8) is 0 Å². The summed E-state index contributed by atoms with van der Waals surface area (Å²) in [6.45, 7) is 0. The second-order valence-electron chi connectivity index (χ2n) is 4.33. The van der Waals surface area contributed by atoms with Gasteiger partial charge in [-0.3, -0.25) is 0 Å². The minimum atomic E-state index is 0.135. The molecule has 0 atom stereocenters. The molecule has 0 saturated carbocycles. The summed E-state index contributed by atoms with van der Waals surface area (Å²) in [5, 5.41) is 0. The third kappa shape index (κ3) is 2.58. The van der Waals surface area contributed by atoms with Crippen molar-refractivity contribution in [3.8, 4) is 0 Å². The SMILES string of the molecule is [c]1cc[c]c(C(c2[c]cc[c]c2)c2ccccc2)c1. The molecule has 19 heavy (non-hydrogen) atoms. The fourth-order valence-electron chi connectivity index (χ4n) is 2.24. The van der Waals surface area contributed by atoms with Crippen molar-refractivity contribution in [1.82, 2.24) is 0 Å². The van der Waals surface area contributed by atoms with Crippen LogP contribution in [0, 0.1) is 24.3 Å². The van der Waals surface area contributed by atoms with E-state index in [1.54, 1.807) is 0 Å². The van der Waals surface area contributed by atoms with Crippen LogP contribution in [0.3, 0.4) is 0 Å². The Labute approximate surface area is 114 Å². The van der Waals surface area contributed by atoms with Crippen molar-refractivity contribution < 1.29 is 0 Å². The van der Waals surface area contributed by atoms with Crippen LogP contribution in [0.2, 0.25) is 0 Å². The Hall–Kier alpha value is -2.34. The molecule has 0 amide bonds. The maximum absolute atomic E-state index is 3.30. The molecule has 3 rings (SSSR count). The van der Waals surface area contributed by atoms with Gasteiger partial charge in [-0.05, 0) is 53.1 Å². The zero-order valence-electron chi connectivity index (χ0n) is 10.4. The number of hydrogen-bond acceptors (Lipinski definition) is 0. The Balaban J connectivity index is 2.12. The molecule has 3 aromatic rings. The Morgan fingerprint density at radius 3 is 1.74 bits per heavy atom. The molecule has 0 fully saturated rings. The molecule has 0 aliphatic heterocycles. The second-order valence-corrected chi connectivity index (χ2v) is 4.33. The average molecular weight is 240 g/mol. The molecule has 3 aromatic carbocycles. The minimum Gasteiger partial charge on any atom is -0.0622 e. The number of hydrogen-bond donors (Lipinski definition) is 0.